The minimum Gasteiger partial charge on any atom is -0.383 e. The number of hydrogen-bond acceptors (Lipinski definition) is 4. The Hall–Kier alpha value is -2.70. The number of ether oxygens (including phenoxy) is 1. The molecule has 0 radical (unpaired) electrons. The standard InChI is InChI=1S/C26H35N3O3/c1-20(2)29(16-17-32-3)25(30)18-24-26(31)27-14-15-28(24)19-23(21-10-6-4-7-11-21)22-12-8-5-9-13-22/h4-13,20,23-24H,14-19H2,1-3H3,(H,27,31)/t24-/m0/s1. The van der Waals surface area contributed by atoms with Crippen LogP contribution in [0.2, 0.25) is 0 Å². The lowest BCUT2D eigenvalue weighted by Gasteiger charge is -2.38. The first-order valence-corrected chi connectivity index (χ1v) is 11.4. The quantitative estimate of drug-likeness (QED) is 0.621. The molecule has 1 aliphatic rings. The molecule has 0 aromatic heterocycles. The highest BCUT2D eigenvalue weighted by atomic mass is 16.5. The number of nitrogens with one attached hydrogen (secondary N) is 1. The van der Waals surface area contributed by atoms with Gasteiger partial charge in [-0.05, 0) is 25.0 Å². The molecule has 32 heavy (non-hydrogen) atoms. The molecule has 2 amide bonds. The lowest BCUT2D eigenvalue weighted by molar-refractivity contribution is -0.140. The second-order valence-corrected chi connectivity index (χ2v) is 8.55. The first kappa shape index (κ1) is 24.0. The first-order chi connectivity index (χ1) is 15.5. The molecular weight excluding hydrogens is 402 g/mol. The molecule has 0 aliphatic carbocycles. The van der Waals surface area contributed by atoms with E-state index in [2.05, 4.69) is 34.5 Å². The molecule has 1 N–H and O–H groups in total. The van der Waals surface area contributed by atoms with Crippen molar-refractivity contribution in [2.45, 2.75) is 38.3 Å². The number of methoxy groups -OCH3 is 1. The summed E-state index contributed by atoms with van der Waals surface area (Å²) < 4.78 is 5.17. The highest BCUT2D eigenvalue weighted by Gasteiger charge is 2.35. The number of hydrogen-bond donors (Lipinski definition) is 1. The zero-order chi connectivity index (χ0) is 22.9. The maximum Gasteiger partial charge on any atom is 0.237 e. The van der Waals surface area contributed by atoms with Crippen LogP contribution >= 0.6 is 0 Å². The van der Waals surface area contributed by atoms with Crippen LogP contribution in [0.15, 0.2) is 60.7 Å². The zero-order valence-corrected chi connectivity index (χ0v) is 19.4. The Balaban J connectivity index is 1.82. The van der Waals surface area contributed by atoms with Gasteiger partial charge in [0, 0.05) is 45.2 Å². The van der Waals surface area contributed by atoms with Gasteiger partial charge in [0.1, 0.15) is 0 Å². The molecule has 0 unspecified atom stereocenters. The van der Waals surface area contributed by atoms with Gasteiger partial charge in [-0.25, -0.2) is 0 Å². The van der Waals surface area contributed by atoms with Gasteiger partial charge in [-0.2, -0.15) is 0 Å². The van der Waals surface area contributed by atoms with E-state index >= 15 is 0 Å². The van der Waals surface area contributed by atoms with Crippen LogP contribution in [0.25, 0.3) is 0 Å². The molecule has 2 aromatic carbocycles. The second-order valence-electron chi connectivity index (χ2n) is 8.55. The molecule has 1 saturated heterocycles. The lowest BCUT2D eigenvalue weighted by Crippen LogP contribution is -2.57. The molecule has 1 fully saturated rings. The molecule has 2 aromatic rings. The summed E-state index contributed by atoms with van der Waals surface area (Å²) in [6.45, 7) is 6.99. The molecular formula is C26H35N3O3. The van der Waals surface area contributed by atoms with Crippen molar-refractivity contribution in [3.8, 4) is 0 Å². The van der Waals surface area contributed by atoms with E-state index in [-0.39, 0.29) is 30.2 Å². The van der Waals surface area contributed by atoms with Crippen molar-refractivity contribution in [2.24, 2.45) is 0 Å². The van der Waals surface area contributed by atoms with Crippen LogP contribution in [0, 0.1) is 0 Å². The number of benzene rings is 2. The van der Waals surface area contributed by atoms with E-state index in [9.17, 15) is 9.59 Å². The van der Waals surface area contributed by atoms with Crippen LogP contribution < -0.4 is 5.32 Å². The Morgan fingerprint density at radius 1 is 1.09 bits per heavy atom. The number of piperazine rings is 1. The van der Waals surface area contributed by atoms with E-state index in [1.54, 1.807) is 12.0 Å². The highest BCUT2D eigenvalue weighted by molar-refractivity contribution is 5.89. The van der Waals surface area contributed by atoms with Crippen LogP contribution in [0.5, 0.6) is 0 Å². The van der Waals surface area contributed by atoms with Gasteiger partial charge in [0.15, 0.2) is 0 Å². The van der Waals surface area contributed by atoms with Crippen LogP contribution in [0.3, 0.4) is 0 Å². The maximum atomic E-state index is 13.1. The monoisotopic (exact) mass is 437 g/mol. The van der Waals surface area contributed by atoms with Crippen molar-refractivity contribution in [1.82, 2.24) is 15.1 Å². The van der Waals surface area contributed by atoms with Gasteiger partial charge in [-0.3, -0.25) is 14.5 Å². The van der Waals surface area contributed by atoms with Gasteiger partial charge in [-0.1, -0.05) is 60.7 Å². The predicted octanol–water partition coefficient (Wildman–Crippen LogP) is 2.89. The Kier molecular flexibility index (Phi) is 8.82. The lowest BCUT2D eigenvalue weighted by atomic mass is 9.90. The van der Waals surface area contributed by atoms with Gasteiger partial charge in [0.25, 0.3) is 0 Å². The number of carbonyl (C=O) groups excluding carboxylic acids is 2. The van der Waals surface area contributed by atoms with Crippen LogP contribution in [0.4, 0.5) is 0 Å². The predicted molar refractivity (Wildman–Crippen MR) is 126 cm³/mol. The topological polar surface area (TPSA) is 61.9 Å². The third-order valence-corrected chi connectivity index (χ3v) is 6.11. The van der Waals surface area contributed by atoms with Gasteiger partial charge >= 0.3 is 0 Å². The maximum absolute atomic E-state index is 13.1. The average Bonchev–Trinajstić information content (AvgIpc) is 2.80. The largest absolute Gasteiger partial charge is 0.383 e. The summed E-state index contributed by atoms with van der Waals surface area (Å²) in [6.07, 6.45) is 0.171. The Labute approximate surface area is 191 Å². The molecule has 1 aliphatic heterocycles. The summed E-state index contributed by atoms with van der Waals surface area (Å²) >= 11 is 0. The fourth-order valence-electron chi connectivity index (χ4n) is 4.35. The van der Waals surface area contributed by atoms with Gasteiger partial charge in [0.2, 0.25) is 11.8 Å². The molecule has 6 nitrogen and oxygen atoms in total. The van der Waals surface area contributed by atoms with Crippen molar-refractivity contribution in [2.75, 3.05) is 39.9 Å². The fourth-order valence-corrected chi connectivity index (χ4v) is 4.35. The first-order valence-electron chi connectivity index (χ1n) is 11.4. The molecule has 0 saturated carbocycles. The molecule has 6 heteroatoms. The Morgan fingerprint density at radius 3 is 2.22 bits per heavy atom. The minimum absolute atomic E-state index is 0.0138. The summed E-state index contributed by atoms with van der Waals surface area (Å²) in [4.78, 5) is 30.0. The Bertz CT molecular complexity index is 818. The van der Waals surface area contributed by atoms with E-state index in [1.807, 2.05) is 50.2 Å². The van der Waals surface area contributed by atoms with E-state index in [0.29, 0.717) is 26.2 Å². The number of carbonyl (C=O) groups is 2. The van der Waals surface area contributed by atoms with E-state index in [0.717, 1.165) is 6.54 Å². The minimum atomic E-state index is -0.477. The molecule has 1 heterocycles. The van der Waals surface area contributed by atoms with Crippen molar-refractivity contribution in [3.05, 3.63) is 71.8 Å². The smallest absolute Gasteiger partial charge is 0.237 e. The van der Waals surface area contributed by atoms with Gasteiger partial charge in [0.05, 0.1) is 19.1 Å². The van der Waals surface area contributed by atoms with Crippen LogP contribution in [-0.4, -0.2) is 73.6 Å². The van der Waals surface area contributed by atoms with Crippen molar-refractivity contribution in [1.29, 1.82) is 0 Å². The molecule has 1 atom stereocenters. The molecule has 0 bridgehead atoms. The van der Waals surface area contributed by atoms with E-state index in [1.165, 1.54) is 11.1 Å². The van der Waals surface area contributed by atoms with E-state index in [4.69, 9.17) is 4.74 Å². The Morgan fingerprint density at radius 2 is 1.69 bits per heavy atom. The third-order valence-electron chi connectivity index (χ3n) is 6.11. The summed E-state index contributed by atoms with van der Waals surface area (Å²) in [6, 6.07) is 20.3. The van der Waals surface area contributed by atoms with Crippen LogP contribution in [-0.2, 0) is 14.3 Å². The zero-order valence-electron chi connectivity index (χ0n) is 19.4. The van der Waals surface area contributed by atoms with Gasteiger partial charge in [-0.15, -0.1) is 0 Å². The average molecular weight is 438 g/mol. The summed E-state index contributed by atoms with van der Waals surface area (Å²) in [7, 11) is 1.63. The normalized spacial score (nSPS) is 16.9. The fraction of sp³-hybridized carbons (Fsp3) is 0.462. The number of nitrogens with zero attached hydrogens (tertiary/aromatic N) is 2. The number of rotatable bonds is 10. The molecule has 3 rings (SSSR count). The van der Waals surface area contributed by atoms with E-state index < -0.39 is 6.04 Å². The van der Waals surface area contributed by atoms with Crippen molar-refractivity contribution >= 4 is 11.8 Å². The second kappa shape index (κ2) is 11.8. The SMILES string of the molecule is COCCN(C(=O)C[C@H]1C(=O)NCCN1CC(c1ccccc1)c1ccccc1)C(C)C. The van der Waals surface area contributed by atoms with Crippen LogP contribution in [0.1, 0.15) is 37.3 Å². The number of amides is 2. The summed E-state index contributed by atoms with van der Waals surface area (Å²) in [5.41, 5.74) is 2.41. The van der Waals surface area contributed by atoms with Crippen molar-refractivity contribution in [3.63, 3.8) is 0 Å². The summed E-state index contributed by atoms with van der Waals surface area (Å²) in [5.74, 6) is 0.0376. The van der Waals surface area contributed by atoms with Gasteiger partial charge < -0.3 is 15.0 Å². The van der Waals surface area contributed by atoms with Crippen molar-refractivity contribution < 1.29 is 14.3 Å². The molecule has 0 spiro atoms. The summed E-state index contributed by atoms with van der Waals surface area (Å²) in [5, 5.41) is 2.96. The third kappa shape index (κ3) is 6.17. The molecule has 172 valence electrons. The highest BCUT2D eigenvalue weighted by Crippen LogP contribution is 2.27.